The number of carbonyl (C=O) groups excluding carboxylic acids is 1. The number of carbonyl (C=O) groups is 1. The second kappa shape index (κ2) is 4.98. The zero-order chi connectivity index (χ0) is 14.1. The smallest absolute Gasteiger partial charge is 0.182 e. The number of nitrogens with two attached hydrogens (primary N) is 1. The molecule has 4 nitrogen and oxygen atoms in total. The van der Waals surface area contributed by atoms with Crippen LogP contribution in [-0.4, -0.2) is 25.7 Å². The molecule has 0 radical (unpaired) electrons. The minimum absolute atomic E-state index is 0.0751. The summed E-state index contributed by atoms with van der Waals surface area (Å²) in [7, 11) is 1.94. The van der Waals surface area contributed by atoms with Crippen molar-refractivity contribution < 1.29 is 4.79 Å². The van der Waals surface area contributed by atoms with Gasteiger partial charge in [0.05, 0.1) is 17.9 Å². The predicted molar refractivity (Wildman–Crippen MR) is 80.9 cm³/mol. The summed E-state index contributed by atoms with van der Waals surface area (Å²) in [5, 5.41) is 0. The normalized spacial score (nSPS) is 17.2. The number of hydrogen-bond donors (Lipinski definition) is 1. The van der Waals surface area contributed by atoms with Gasteiger partial charge in [0.1, 0.15) is 0 Å². The van der Waals surface area contributed by atoms with Crippen molar-refractivity contribution in [2.45, 2.75) is 6.29 Å². The van der Waals surface area contributed by atoms with E-state index in [-0.39, 0.29) is 18.6 Å². The van der Waals surface area contributed by atoms with Crippen LogP contribution in [0.2, 0.25) is 0 Å². The van der Waals surface area contributed by atoms with Crippen molar-refractivity contribution in [2.75, 3.05) is 23.4 Å². The first kappa shape index (κ1) is 12.7. The molecule has 0 saturated heterocycles. The fourth-order valence-corrected chi connectivity index (χ4v) is 2.55. The van der Waals surface area contributed by atoms with Gasteiger partial charge in [-0.05, 0) is 12.1 Å². The number of benzene rings is 2. The van der Waals surface area contributed by atoms with Crippen molar-refractivity contribution in [2.24, 2.45) is 5.73 Å². The molecule has 0 aliphatic carbocycles. The standard InChI is InChI=1S/C16H17N3O/c1-18-13-9-5-6-10-14(13)19(16(18)17)11-15(20)12-7-3-2-4-8-12/h2-10,16H,11,17H2,1H3. The summed E-state index contributed by atoms with van der Waals surface area (Å²) in [5.74, 6) is 0.0751. The molecule has 20 heavy (non-hydrogen) atoms. The van der Waals surface area contributed by atoms with Crippen LogP contribution in [-0.2, 0) is 0 Å². The van der Waals surface area contributed by atoms with Crippen molar-refractivity contribution in [3.05, 3.63) is 60.2 Å². The van der Waals surface area contributed by atoms with E-state index >= 15 is 0 Å². The molecule has 0 bridgehead atoms. The van der Waals surface area contributed by atoms with Crippen LogP contribution in [0.25, 0.3) is 0 Å². The van der Waals surface area contributed by atoms with Gasteiger partial charge in [-0.1, -0.05) is 42.5 Å². The third-order valence-corrected chi connectivity index (χ3v) is 3.70. The number of anilines is 2. The van der Waals surface area contributed by atoms with E-state index < -0.39 is 0 Å². The molecule has 102 valence electrons. The van der Waals surface area contributed by atoms with E-state index in [1.807, 2.05) is 71.4 Å². The summed E-state index contributed by atoms with van der Waals surface area (Å²) in [6.07, 6.45) is -0.305. The molecule has 1 atom stereocenters. The van der Waals surface area contributed by atoms with Crippen LogP contribution >= 0.6 is 0 Å². The first-order valence-corrected chi connectivity index (χ1v) is 6.61. The van der Waals surface area contributed by atoms with Crippen molar-refractivity contribution in [1.29, 1.82) is 0 Å². The molecule has 1 aliphatic heterocycles. The SMILES string of the molecule is CN1c2ccccc2N(CC(=O)c2ccccc2)C1N. The van der Waals surface area contributed by atoms with Crippen molar-refractivity contribution >= 4 is 17.2 Å². The Morgan fingerprint density at radius 3 is 2.35 bits per heavy atom. The zero-order valence-corrected chi connectivity index (χ0v) is 11.4. The van der Waals surface area contributed by atoms with Crippen molar-refractivity contribution in [3.63, 3.8) is 0 Å². The van der Waals surface area contributed by atoms with E-state index in [9.17, 15) is 4.79 Å². The molecule has 0 fully saturated rings. The molecule has 4 heteroatoms. The molecular weight excluding hydrogens is 250 g/mol. The van der Waals surface area contributed by atoms with Gasteiger partial charge in [-0.25, -0.2) is 0 Å². The van der Waals surface area contributed by atoms with Crippen molar-refractivity contribution in [3.8, 4) is 0 Å². The van der Waals surface area contributed by atoms with Gasteiger partial charge in [-0.15, -0.1) is 0 Å². The zero-order valence-electron chi connectivity index (χ0n) is 11.4. The van der Waals surface area contributed by atoms with Gasteiger partial charge in [-0.3, -0.25) is 10.5 Å². The van der Waals surface area contributed by atoms with Gasteiger partial charge in [-0.2, -0.15) is 0 Å². The van der Waals surface area contributed by atoms with Crippen LogP contribution in [0.5, 0.6) is 0 Å². The summed E-state index contributed by atoms with van der Waals surface area (Å²) in [6, 6.07) is 17.3. The molecule has 0 spiro atoms. The summed E-state index contributed by atoms with van der Waals surface area (Å²) in [4.78, 5) is 16.3. The molecule has 2 aromatic carbocycles. The van der Waals surface area contributed by atoms with Crippen LogP contribution in [0.3, 0.4) is 0 Å². The molecular formula is C16H17N3O. The van der Waals surface area contributed by atoms with Crippen molar-refractivity contribution in [1.82, 2.24) is 0 Å². The van der Waals surface area contributed by atoms with E-state index in [1.54, 1.807) is 0 Å². The fraction of sp³-hybridized carbons (Fsp3) is 0.188. The Kier molecular flexibility index (Phi) is 3.16. The van der Waals surface area contributed by atoms with Crippen LogP contribution in [0, 0.1) is 0 Å². The molecule has 2 N–H and O–H groups in total. The average molecular weight is 267 g/mol. The lowest BCUT2D eigenvalue weighted by Crippen LogP contribution is -2.50. The summed E-state index contributed by atoms with van der Waals surface area (Å²) in [5.41, 5.74) is 8.98. The molecule has 0 saturated carbocycles. The molecule has 1 unspecified atom stereocenters. The third-order valence-electron chi connectivity index (χ3n) is 3.70. The molecule has 3 rings (SSSR count). The second-order valence-electron chi connectivity index (χ2n) is 4.93. The Morgan fingerprint density at radius 1 is 1.05 bits per heavy atom. The number of fused-ring (bicyclic) bond motifs is 1. The Labute approximate surface area is 118 Å². The molecule has 0 aromatic heterocycles. The van der Waals surface area contributed by atoms with E-state index in [0.29, 0.717) is 5.56 Å². The van der Waals surface area contributed by atoms with E-state index in [1.165, 1.54) is 0 Å². The van der Waals surface area contributed by atoms with Crippen LogP contribution < -0.4 is 15.5 Å². The fourth-order valence-electron chi connectivity index (χ4n) is 2.55. The minimum atomic E-state index is -0.305. The van der Waals surface area contributed by atoms with Gasteiger partial charge in [0.25, 0.3) is 0 Å². The topological polar surface area (TPSA) is 49.6 Å². The first-order valence-electron chi connectivity index (χ1n) is 6.61. The van der Waals surface area contributed by atoms with Crippen LogP contribution in [0.15, 0.2) is 54.6 Å². The van der Waals surface area contributed by atoms with Gasteiger partial charge < -0.3 is 9.80 Å². The highest BCUT2D eigenvalue weighted by Gasteiger charge is 2.31. The van der Waals surface area contributed by atoms with Gasteiger partial charge >= 0.3 is 0 Å². The maximum atomic E-state index is 12.3. The molecule has 1 heterocycles. The van der Waals surface area contributed by atoms with Gasteiger partial charge in [0.15, 0.2) is 12.1 Å². The maximum absolute atomic E-state index is 12.3. The van der Waals surface area contributed by atoms with Gasteiger partial charge in [0, 0.05) is 12.6 Å². The number of nitrogens with zero attached hydrogens (tertiary/aromatic N) is 2. The molecule has 1 aliphatic rings. The van der Waals surface area contributed by atoms with E-state index in [2.05, 4.69) is 0 Å². The number of rotatable bonds is 3. The lowest BCUT2D eigenvalue weighted by molar-refractivity contribution is 0.0997. The quantitative estimate of drug-likeness (QED) is 0.865. The molecule has 0 amide bonds. The summed E-state index contributed by atoms with van der Waals surface area (Å²) in [6.45, 7) is 0.284. The van der Waals surface area contributed by atoms with E-state index in [0.717, 1.165) is 11.4 Å². The highest BCUT2D eigenvalue weighted by molar-refractivity contribution is 6.00. The first-order chi connectivity index (χ1) is 9.68. The number of para-hydroxylation sites is 2. The summed E-state index contributed by atoms with van der Waals surface area (Å²) < 4.78 is 0. The minimum Gasteiger partial charge on any atom is -0.340 e. The van der Waals surface area contributed by atoms with E-state index in [4.69, 9.17) is 5.73 Å². The monoisotopic (exact) mass is 267 g/mol. The second-order valence-corrected chi connectivity index (χ2v) is 4.93. The predicted octanol–water partition coefficient (Wildman–Crippen LogP) is 2.07. The average Bonchev–Trinajstić information content (AvgIpc) is 2.74. The third kappa shape index (κ3) is 2.04. The Balaban J connectivity index is 1.87. The lowest BCUT2D eigenvalue weighted by atomic mass is 10.1. The van der Waals surface area contributed by atoms with Gasteiger partial charge in [0.2, 0.25) is 0 Å². The Morgan fingerprint density at radius 2 is 1.65 bits per heavy atom. The summed E-state index contributed by atoms with van der Waals surface area (Å²) >= 11 is 0. The molecule has 2 aromatic rings. The Hall–Kier alpha value is -2.33. The lowest BCUT2D eigenvalue weighted by Gasteiger charge is -2.26. The highest BCUT2D eigenvalue weighted by Crippen LogP contribution is 2.36. The largest absolute Gasteiger partial charge is 0.340 e. The number of Topliss-reactive ketones (excluding diaryl/α,β-unsaturated/α-hetero) is 1. The Bertz CT molecular complexity index is 627. The number of ketones is 1. The number of hydrogen-bond acceptors (Lipinski definition) is 4. The van der Waals surface area contributed by atoms with Crippen LogP contribution in [0.1, 0.15) is 10.4 Å². The highest BCUT2D eigenvalue weighted by atomic mass is 16.1. The maximum Gasteiger partial charge on any atom is 0.182 e. The van der Waals surface area contributed by atoms with Crippen LogP contribution in [0.4, 0.5) is 11.4 Å².